The number of hydrogen-bond donors (Lipinski definition) is 0. The smallest absolute Gasteiger partial charge is 0.243 e. The highest BCUT2D eigenvalue weighted by atomic mass is 16.7. The monoisotopic (exact) mass is 417 g/mol. The summed E-state index contributed by atoms with van der Waals surface area (Å²) in [5.74, 6) is -0.984. The number of nitrogens with zero attached hydrogens (tertiary/aromatic N) is 3. The van der Waals surface area contributed by atoms with Crippen LogP contribution in [0.2, 0.25) is 0 Å². The lowest BCUT2D eigenvalue weighted by molar-refractivity contribution is -0.555. The molecule has 0 aromatic heterocycles. The summed E-state index contributed by atoms with van der Waals surface area (Å²) in [5, 5.41) is 24.5. The van der Waals surface area contributed by atoms with E-state index >= 15 is 0 Å². The van der Waals surface area contributed by atoms with Crippen molar-refractivity contribution in [3.8, 4) is 0 Å². The van der Waals surface area contributed by atoms with Gasteiger partial charge in [-0.05, 0) is 24.1 Å². The molecule has 9 nitrogen and oxygen atoms in total. The van der Waals surface area contributed by atoms with Crippen LogP contribution in [0.4, 0.5) is 5.69 Å². The molecule has 0 amide bonds. The van der Waals surface area contributed by atoms with Crippen molar-refractivity contribution in [2.24, 2.45) is 0 Å². The number of methoxy groups -OCH3 is 2. The molecule has 2 aromatic rings. The summed E-state index contributed by atoms with van der Waals surface area (Å²) in [7, 11) is 2.96. The molecule has 2 rings (SSSR count). The Kier molecular flexibility index (Phi) is 8.25. The van der Waals surface area contributed by atoms with Gasteiger partial charge in [-0.15, -0.1) is 0 Å². The van der Waals surface area contributed by atoms with Crippen molar-refractivity contribution in [2.45, 2.75) is 44.1 Å². The molecule has 0 spiro atoms. The van der Waals surface area contributed by atoms with Crippen LogP contribution in [0, 0.1) is 20.2 Å². The van der Waals surface area contributed by atoms with E-state index in [0.717, 1.165) is 5.01 Å². The van der Waals surface area contributed by atoms with Crippen LogP contribution >= 0.6 is 0 Å². The lowest BCUT2D eigenvalue weighted by atomic mass is 9.92. The Hall–Kier alpha value is -3.04. The molecule has 0 saturated carbocycles. The van der Waals surface area contributed by atoms with Crippen molar-refractivity contribution in [1.29, 1.82) is 0 Å². The van der Waals surface area contributed by atoms with E-state index < -0.39 is 27.8 Å². The number of hydrazine groups is 1. The van der Waals surface area contributed by atoms with Crippen molar-refractivity contribution in [3.63, 3.8) is 0 Å². The van der Waals surface area contributed by atoms with Gasteiger partial charge in [-0.3, -0.25) is 10.1 Å². The summed E-state index contributed by atoms with van der Waals surface area (Å²) in [6.45, 7) is 1.86. The Labute approximate surface area is 175 Å². The topological polar surface area (TPSA) is 108 Å². The molecule has 162 valence electrons. The SMILES string of the molecule is CCC(CCC(C(c1ccccc1)N(c1ccccc1)[N+](=O)[O-])[N+](=O)[O-])(OC)OC. The van der Waals surface area contributed by atoms with E-state index in [9.17, 15) is 20.2 Å². The fraction of sp³-hybridized carbons (Fsp3) is 0.429. The van der Waals surface area contributed by atoms with Crippen LogP contribution in [0.3, 0.4) is 0 Å². The number of rotatable bonds is 12. The molecule has 30 heavy (non-hydrogen) atoms. The number of para-hydroxylation sites is 1. The second-order valence-corrected chi connectivity index (χ2v) is 6.84. The highest BCUT2D eigenvalue weighted by Crippen LogP contribution is 2.35. The third-order valence-corrected chi connectivity index (χ3v) is 5.34. The minimum Gasteiger partial charge on any atom is -0.353 e. The van der Waals surface area contributed by atoms with Crippen molar-refractivity contribution < 1.29 is 19.4 Å². The van der Waals surface area contributed by atoms with Crippen LogP contribution < -0.4 is 5.01 Å². The van der Waals surface area contributed by atoms with E-state index in [1.165, 1.54) is 14.2 Å². The zero-order valence-electron chi connectivity index (χ0n) is 17.3. The molecule has 0 heterocycles. The van der Waals surface area contributed by atoms with E-state index in [4.69, 9.17) is 9.47 Å². The van der Waals surface area contributed by atoms with Gasteiger partial charge in [0.2, 0.25) is 6.04 Å². The molecule has 0 N–H and O–H groups in total. The van der Waals surface area contributed by atoms with Crippen molar-refractivity contribution >= 4 is 5.69 Å². The Morgan fingerprint density at radius 3 is 1.93 bits per heavy atom. The fourth-order valence-corrected chi connectivity index (χ4v) is 3.61. The molecule has 0 aliphatic rings. The average molecular weight is 417 g/mol. The van der Waals surface area contributed by atoms with E-state index in [-0.39, 0.29) is 18.5 Å². The van der Waals surface area contributed by atoms with Gasteiger partial charge in [-0.25, -0.2) is 10.1 Å². The molecular weight excluding hydrogens is 390 g/mol. The Balaban J connectivity index is 2.53. The Morgan fingerprint density at radius 1 is 0.967 bits per heavy atom. The highest BCUT2D eigenvalue weighted by molar-refractivity contribution is 5.46. The summed E-state index contributed by atoms with van der Waals surface area (Å²) in [5.41, 5.74) is 0.750. The van der Waals surface area contributed by atoms with Crippen LogP contribution in [0.15, 0.2) is 60.7 Å². The molecule has 0 saturated heterocycles. The van der Waals surface area contributed by atoms with Crippen molar-refractivity contribution in [2.75, 3.05) is 19.2 Å². The van der Waals surface area contributed by atoms with Crippen LogP contribution in [-0.4, -0.2) is 36.0 Å². The Morgan fingerprint density at radius 2 is 1.50 bits per heavy atom. The molecule has 0 aliphatic carbocycles. The van der Waals surface area contributed by atoms with Gasteiger partial charge in [-0.1, -0.05) is 60.5 Å². The van der Waals surface area contributed by atoms with Gasteiger partial charge in [0.25, 0.3) is 0 Å². The van der Waals surface area contributed by atoms with E-state index in [1.807, 2.05) is 6.92 Å². The van der Waals surface area contributed by atoms with Crippen LogP contribution in [0.25, 0.3) is 0 Å². The van der Waals surface area contributed by atoms with Crippen molar-refractivity contribution in [3.05, 3.63) is 86.5 Å². The maximum absolute atomic E-state index is 12.1. The maximum Gasteiger partial charge on any atom is 0.243 e. The zero-order chi connectivity index (χ0) is 22.1. The minimum absolute atomic E-state index is 0.0270. The van der Waals surface area contributed by atoms with Gasteiger partial charge in [0.1, 0.15) is 5.69 Å². The fourth-order valence-electron chi connectivity index (χ4n) is 3.61. The first-order valence-corrected chi connectivity index (χ1v) is 9.66. The number of ether oxygens (including phenoxy) is 2. The highest BCUT2D eigenvalue weighted by Gasteiger charge is 2.45. The molecule has 2 atom stereocenters. The molecule has 9 heteroatoms. The number of hydrogen-bond acceptors (Lipinski definition) is 6. The largest absolute Gasteiger partial charge is 0.353 e. The lowest BCUT2D eigenvalue weighted by Gasteiger charge is -2.32. The predicted octanol–water partition coefficient (Wildman–Crippen LogP) is 4.25. The minimum atomic E-state index is -1.27. The van der Waals surface area contributed by atoms with Crippen LogP contribution in [0.1, 0.15) is 37.8 Å². The average Bonchev–Trinajstić information content (AvgIpc) is 2.77. The standard InChI is InChI=1S/C21H27N3O6/c1-4-21(29-2,30-3)16-15-19(23(25)26)20(17-11-7-5-8-12-17)22(24(27)28)18-13-9-6-10-14-18/h5-14,19-20H,4,15-16H2,1-3H3. The lowest BCUT2D eigenvalue weighted by Crippen LogP contribution is -2.45. The summed E-state index contributed by atoms with van der Waals surface area (Å²) in [4.78, 5) is 23.7. The summed E-state index contributed by atoms with van der Waals surface area (Å²) >= 11 is 0. The number of anilines is 1. The summed E-state index contributed by atoms with van der Waals surface area (Å²) in [6, 6.07) is 14.3. The summed E-state index contributed by atoms with van der Waals surface area (Å²) < 4.78 is 10.9. The second kappa shape index (κ2) is 10.7. The molecule has 2 unspecified atom stereocenters. The van der Waals surface area contributed by atoms with Gasteiger partial charge in [0.05, 0.1) is 0 Å². The van der Waals surface area contributed by atoms with Crippen LogP contribution in [0.5, 0.6) is 0 Å². The molecule has 2 aromatic carbocycles. The van der Waals surface area contributed by atoms with Crippen molar-refractivity contribution in [1.82, 2.24) is 0 Å². The van der Waals surface area contributed by atoms with Gasteiger partial charge in [-0.2, -0.15) is 0 Å². The first-order valence-electron chi connectivity index (χ1n) is 9.66. The van der Waals surface area contributed by atoms with Gasteiger partial charge < -0.3 is 9.47 Å². The molecule has 0 fully saturated rings. The zero-order valence-corrected chi connectivity index (χ0v) is 17.3. The van der Waals surface area contributed by atoms with E-state index in [1.54, 1.807) is 60.7 Å². The number of nitro groups is 2. The first kappa shape index (κ1) is 23.2. The Bertz CT molecular complexity index is 806. The summed E-state index contributed by atoms with van der Waals surface area (Å²) in [6.07, 6.45) is 0.725. The molecule has 0 aliphatic heterocycles. The number of benzene rings is 2. The molecule has 0 radical (unpaired) electrons. The third-order valence-electron chi connectivity index (χ3n) is 5.34. The van der Waals surface area contributed by atoms with Gasteiger partial charge >= 0.3 is 0 Å². The van der Waals surface area contributed by atoms with Gasteiger partial charge in [0.15, 0.2) is 16.9 Å². The van der Waals surface area contributed by atoms with E-state index in [0.29, 0.717) is 12.0 Å². The third kappa shape index (κ3) is 5.31. The van der Waals surface area contributed by atoms with Gasteiger partial charge in [0, 0.05) is 32.0 Å². The van der Waals surface area contributed by atoms with E-state index in [2.05, 4.69) is 0 Å². The molecular formula is C21H27N3O6. The first-order chi connectivity index (χ1) is 14.4. The predicted molar refractivity (Wildman–Crippen MR) is 112 cm³/mol. The quantitative estimate of drug-likeness (QED) is 0.288. The molecule has 0 bridgehead atoms. The van der Waals surface area contributed by atoms with Crippen LogP contribution in [-0.2, 0) is 9.47 Å². The maximum atomic E-state index is 12.1. The normalized spacial score (nSPS) is 13.4. The second-order valence-electron chi connectivity index (χ2n) is 6.84.